The third-order valence-corrected chi connectivity index (χ3v) is 3.97. The number of hydrogen-bond donors (Lipinski definition) is 1. The van der Waals surface area contributed by atoms with E-state index in [0.29, 0.717) is 0 Å². The van der Waals surface area contributed by atoms with Crippen molar-refractivity contribution in [2.75, 3.05) is 12.9 Å². The Labute approximate surface area is 111 Å². The van der Waals surface area contributed by atoms with Gasteiger partial charge in [0.15, 0.2) is 0 Å². The molecule has 0 unspecified atom stereocenters. The number of methoxy groups -OCH3 is 1. The largest absolute Gasteiger partial charge is 0.496 e. The molecule has 1 aromatic carbocycles. The summed E-state index contributed by atoms with van der Waals surface area (Å²) in [5.41, 5.74) is 2.76. The minimum Gasteiger partial charge on any atom is -0.496 e. The minimum atomic E-state index is 0.0913. The van der Waals surface area contributed by atoms with E-state index in [1.807, 2.05) is 0 Å². The van der Waals surface area contributed by atoms with E-state index in [-0.39, 0.29) is 10.8 Å². The van der Waals surface area contributed by atoms with Crippen LogP contribution in [-0.2, 0) is 10.8 Å². The molecule has 0 heterocycles. The van der Waals surface area contributed by atoms with E-state index in [9.17, 15) is 0 Å². The van der Waals surface area contributed by atoms with Crippen LogP contribution in [0.2, 0.25) is 0 Å². The highest BCUT2D eigenvalue weighted by molar-refractivity contribution is 7.80. The third kappa shape index (κ3) is 3.19. The highest BCUT2D eigenvalue weighted by Gasteiger charge is 2.24. The lowest BCUT2D eigenvalue weighted by atomic mass is 9.80. The summed E-state index contributed by atoms with van der Waals surface area (Å²) in [7, 11) is 1.73. The second-order valence-electron chi connectivity index (χ2n) is 6.21. The SMILES string of the molecule is COc1ccc(C(C)(C)CS)cc1C(C)(C)C. The molecule has 96 valence electrons. The summed E-state index contributed by atoms with van der Waals surface area (Å²) in [5, 5.41) is 0. The Morgan fingerprint density at radius 1 is 1.12 bits per heavy atom. The fraction of sp³-hybridized carbons (Fsp3) is 0.600. The number of hydrogen-bond acceptors (Lipinski definition) is 2. The van der Waals surface area contributed by atoms with Gasteiger partial charge in [-0.3, -0.25) is 0 Å². The van der Waals surface area contributed by atoms with Gasteiger partial charge < -0.3 is 4.74 Å². The van der Waals surface area contributed by atoms with Crippen LogP contribution in [0.5, 0.6) is 5.75 Å². The van der Waals surface area contributed by atoms with Crippen LogP contribution in [0.1, 0.15) is 45.7 Å². The number of rotatable bonds is 3. The molecule has 1 rings (SSSR count). The zero-order chi connectivity index (χ0) is 13.3. The Bertz CT molecular complexity index is 388. The lowest BCUT2D eigenvalue weighted by molar-refractivity contribution is 0.396. The summed E-state index contributed by atoms with van der Waals surface area (Å²) in [6, 6.07) is 6.47. The van der Waals surface area contributed by atoms with E-state index < -0.39 is 0 Å². The van der Waals surface area contributed by atoms with E-state index in [1.54, 1.807) is 7.11 Å². The van der Waals surface area contributed by atoms with Gasteiger partial charge in [0.2, 0.25) is 0 Å². The summed E-state index contributed by atoms with van der Waals surface area (Å²) in [6.45, 7) is 11.1. The maximum Gasteiger partial charge on any atom is 0.122 e. The summed E-state index contributed by atoms with van der Waals surface area (Å²) in [4.78, 5) is 0. The molecule has 0 aromatic heterocycles. The van der Waals surface area contributed by atoms with Gasteiger partial charge in [0.25, 0.3) is 0 Å². The van der Waals surface area contributed by atoms with Crippen LogP contribution in [0.4, 0.5) is 0 Å². The van der Waals surface area contributed by atoms with Crippen LogP contribution in [-0.4, -0.2) is 12.9 Å². The molecule has 0 amide bonds. The first-order valence-corrected chi connectivity index (χ1v) is 6.65. The Morgan fingerprint density at radius 3 is 2.12 bits per heavy atom. The van der Waals surface area contributed by atoms with Gasteiger partial charge in [-0.25, -0.2) is 0 Å². The highest BCUT2D eigenvalue weighted by Crippen LogP contribution is 2.35. The second kappa shape index (κ2) is 4.93. The molecular weight excluding hydrogens is 228 g/mol. The standard InChI is InChI=1S/C15H24OS/c1-14(2,3)12-9-11(15(4,5)10-17)7-8-13(12)16-6/h7-9,17H,10H2,1-6H3. The second-order valence-corrected chi connectivity index (χ2v) is 6.52. The van der Waals surface area contributed by atoms with E-state index in [2.05, 4.69) is 65.4 Å². The van der Waals surface area contributed by atoms with Crippen LogP contribution in [0, 0.1) is 0 Å². The lowest BCUT2D eigenvalue weighted by Crippen LogP contribution is -2.21. The van der Waals surface area contributed by atoms with Crippen molar-refractivity contribution < 1.29 is 4.74 Å². The number of ether oxygens (including phenoxy) is 1. The van der Waals surface area contributed by atoms with Crippen molar-refractivity contribution in [3.05, 3.63) is 29.3 Å². The maximum atomic E-state index is 5.45. The topological polar surface area (TPSA) is 9.23 Å². The fourth-order valence-electron chi connectivity index (χ4n) is 1.81. The van der Waals surface area contributed by atoms with Crippen LogP contribution in [0.15, 0.2) is 18.2 Å². The predicted octanol–water partition coefficient (Wildman–Crippen LogP) is 4.20. The molecule has 0 radical (unpaired) electrons. The average molecular weight is 252 g/mol. The van der Waals surface area contributed by atoms with E-state index in [0.717, 1.165) is 11.5 Å². The normalized spacial score (nSPS) is 12.6. The van der Waals surface area contributed by atoms with Gasteiger partial charge in [0, 0.05) is 0 Å². The van der Waals surface area contributed by atoms with Gasteiger partial charge in [0.05, 0.1) is 7.11 Å². The smallest absolute Gasteiger partial charge is 0.122 e. The van der Waals surface area contributed by atoms with Gasteiger partial charge in [-0.15, -0.1) is 0 Å². The fourth-order valence-corrected chi connectivity index (χ4v) is 1.99. The summed E-state index contributed by atoms with van der Waals surface area (Å²) >= 11 is 4.44. The van der Waals surface area contributed by atoms with E-state index in [1.165, 1.54) is 11.1 Å². The van der Waals surface area contributed by atoms with Crippen LogP contribution < -0.4 is 4.74 Å². The van der Waals surface area contributed by atoms with Crippen LogP contribution >= 0.6 is 12.6 Å². The molecule has 0 saturated heterocycles. The summed E-state index contributed by atoms with van der Waals surface area (Å²) in [6.07, 6.45) is 0. The Morgan fingerprint density at radius 2 is 1.71 bits per heavy atom. The average Bonchev–Trinajstić information content (AvgIpc) is 2.27. The molecule has 0 spiro atoms. The predicted molar refractivity (Wildman–Crippen MR) is 78.6 cm³/mol. The Hall–Kier alpha value is -0.630. The summed E-state index contributed by atoms with van der Waals surface area (Å²) in [5.74, 6) is 1.80. The molecule has 2 heteroatoms. The van der Waals surface area contributed by atoms with Gasteiger partial charge in [-0.05, 0) is 33.8 Å². The minimum absolute atomic E-state index is 0.0913. The number of benzene rings is 1. The van der Waals surface area contributed by atoms with Crippen molar-refractivity contribution in [3.8, 4) is 5.75 Å². The Kier molecular flexibility index (Phi) is 4.19. The van der Waals surface area contributed by atoms with Gasteiger partial charge in [0.1, 0.15) is 5.75 Å². The van der Waals surface area contributed by atoms with Gasteiger partial charge >= 0.3 is 0 Å². The molecule has 1 aromatic rings. The first-order valence-electron chi connectivity index (χ1n) is 6.02. The molecular formula is C15H24OS. The molecule has 0 saturated carbocycles. The third-order valence-electron chi connectivity index (χ3n) is 3.18. The zero-order valence-corrected chi connectivity index (χ0v) is 12.7. The molecule has 0 atom stereocenters. The highest BCUT2D eigenvalue weighted by atomic mass is 32.1. The molecule has 1 nitrogen and oxygen atoms in total. The molecule has 17 heavy (non-hydrogen) atoms. The van der Waals surface area contributed by atoms with Crippen molar-refractivity contribution in [2.24, 2.45) is 0 Å². The van der Waals surface area contributed by atoms with Crippen molar-refractivity contribution in [1.82, 2.24) is 0 Å². The quantitative estimate of drug-likeness (QED) is 0.793. The van der Waals surface area contributed by atoms with Gasteiger partial charge in [-0.2, -0.15) is 12.6 Å². The van der Waals surface area contributed by atoms with E-state index in [4.69, 9.17) is 4.74 Å². The molecule has 0 bridgehead atoms. The van der Waals surface area contributed by atoms with Crippen molar-refractivity contribution >= 4 is 12.6 Å². The molecule has 0 fully saturated rings. The lowest BCUT2D eigenvalue weighted by Gasteiger charge is -2.28. The van der Waals surface area contributed by atoms with Crippen molar-refractivity contribution in [3.63, 3.8) is 0 Å². The monoisotopic (exact) mass is 252 g/mol. The summed E-state index contributed by atoms with van der Waals surface area (Å²) < 4.78 is 5.45. The Balaban J connectivity index is 3.33. The number of thiol groups is 1. The zero-order valence-electron chi connectivity index (χ0n) is 11.8. The first-order chi connectivity index (χ1) is 7.72. The van der Waals surface area contributed by atoms with Crippen molar-refractivity contribution in [2.45, 2.75) is 45.4 Å². The molecule has 0 N–H and O–H groups in total. The first kappa shape index (κ1) is 14.4. The molecule has 0 aliphatic heterocycles. The molecule has 0 aliphatic carbocycles. The van der Waals surface area contributed by atoms with Crippen molar-refractivity contribution in [1.29, 1.82) is 0 Å². The van der Waals surface area contributed by atoms with Gasteiger partial charge in [-0.1, -0.05) is 46.8 Å². The molecule has 0 aliphatic rings. The van der Waals surface area contributed by atoms with E-state index >= 15 is 0 Å². The van der Waals surface area contributed by atoms with Crippen LogP contribution in [0.3, 0.4) is 0 Å². The maximum absolute atomic E-state index is 5.45. The van der Waals surface area contributed by atoms with Crippen LogP contribution in [0.25, 0.3) is 0 Å².